The Bertz CT molecular complexity index is 1170. The number of rotatable bonds is 9. The van der Waals surface area contributed by atoms with E-state index in [2.05, 4.69) is 5.32 Å². The van der Waals surface area contributed by atoms with Crippen LogP contribution in [0.2, 0.25) is 0 Å². The first-order valence-corrected chi connectivity index (χ1v) is 11.3. The molecule has 2 aromatic rings. The van der Waals surface area contributed by atoms with Gasteiger partial charge in [0.15, 0.2) is 11.5 Å². The maximum Gasteiger partial charge on any atom is 0.267 e. The van der Waals surface area contributed by atoms with E-state index in [1.165, 1.54) is 23.2 Å². The van der Waals surface area contributed by atoms with Crippen molar-refractivity contribution < 1.29 is 38.1 Å². The van der Waals surface area contributed by atoms with Crippen LogP contribution < -0.4 is 24.3 Å². The Hall–Kier alpha value is -4.25. The molecule has 1 N–H and O–H groups in total. The molecule has 11 nitrogen and oxygen atoms in total. The van der Waals surface area contributed by atoms with Crippen LogP contribution >= 0.6 is 0 Å². The zero-order chi connectivity index (χ0) is 25.5. The number of hydrogen-bond donors (Lipinski definition) is 1. The average molecular weight is 498 g/mol. The maximum atomic E-state index is 12.8. The molecule has 0 radical (unpaired) electrons. The number of anilines is 1. The summed E-state index contributed by atoms with van der Waals surface area (Å²) in [5.74, 6) is 1.17. The maximum absolute atomic E-state index is 12.8. The van der Waals surface area contributed by atoms with E-state index in [1.807, 2.05) is 0 Å². The molecule has 1 saturated heterocycles. The first kappa shape index (κ1) is 24.9. The SMILES string of the molecule is COc1ccc(OC)c(C=CC(=O)N2CCCN2C(=O)COCC(=O)Nc2ccc3c(c2)OCO3)c1. The predicted octanol–water partition coefficient (Wildman–Crippen LogP) is 2.08. The van der Waals surface area contributed by atoms with Crippen molar-refractivity contribution in [1.82, 2.24) is 10.0 Å². The number of ether oxygens (including phenoxy) is 5. The summed E-state index contributed by atoms with van der Waals surface area (Å²) in [4.78, 5) is 37.7. The van der Waals surface area contributed by atoms with Gasteiger partial charge in [-0.15, -0.1) is 0 Å². The number of fused-ring (bicyclic) bond motifs is 1. The second kappa shape index (κ2) is 11.5. The van der Waals surface area contributed by atoms with Gasteiger partial charge in [0.05, 0.1) is 14.2 Å². The number of carbonyl (C=O) groups is 3. The van der Waals surface area contributed by atoms with Crippen molar-refractivity contribution in [2.45, 2.75) is 6.42 Å². The fourth-order valence-corrected chi connectivity index (χ4v) is 3.79. The minimum atomic E-state index is -0.425. The van der Waals surface area contributed by atoms with Crippen LogP contribution in [0.25, 0.3) is 6.08 Å². The topological polar surface area (TPSA) is 116 Å². The van der Waals surface area contributed by atoms with Gasteiger partial charge in [0.2, 0.25) is 12.7 Å². The number of nitrogens with one attached hydrogen (secondary N) is 1. The third-order valence-corrected chi connectivity index (χ3v) is 5.53. The van der Waals surface area contributed by atoms with E-state index in [0.717, 1.165) is 0 Å². The fourth-order valence-electron chi connectivity index (χ4n) is 3.79. The highest BCUT2D eigenvalue weighted by Gasteiger charge is 2.29. The lowest BCUT2D eigenvalue weighted by atomic mass is 10.1. The number of hydrogen-bond acceptors (Lipinski definition) is 8. The van der Waals surface area contributed by atoms with Crippen molar-refractivity contribution in [2.24, 2.45) is 0 Å². The number of benzene rings is 2. The molecule has 0 bridgehead atoms. The number of hydrazine groups is 1. The molecule has 1 fully saturated rings. The molecular formula is C25H27N3O8. The fraction of sp³-hybridized carbons (Fsp3) is 0.320. The molecule has 2 aliphatic rings. The van der Waals surface area contributed by atoms with E-state index < -0.39 is 11.8 Å². The van der Waals surface area contributed by atoms with Gasteiger partial charge in [-0.05, 0) is 42.8 Å². The molecule has 2 aliphatic heterocycles. The molecule has 0 aliphatic carbocycles. The normalized spacial score (nSPS) is 14.3. The smallest absolute Gasteiger partial charge is 0.267 e. The van der Waals surface area contributed by atoms with Crippen molar-refractivity contribution in [2.75, 3.05) is 52.6 Å². The summed E-state index contributed by atoms with van der Waals surface area (Å²) in [6.07, 6.45) is 3.63. The van der Waals surface area contributed by atoms with Crippen molar-refractivity contribution in [3.63, 3.8) is 0 Å². The van der Waals surface area contributed by atoms with E-state index in [1.54, 1.807) is 49.6 Å². The first-order valence-electron chi connectivity index (χ1n) is 11.3. The van der Waals surface area contributed by atoms with Crippen LogP contribution in [0.3, 0.4) is 0 Å². The average Bonchev–Trinajstić information content (AvgIpc) is 3.56. The highest BCUT2D eigenvalue weighted by molar-refractivity contribution is 5.94. The van der Waals surface area contributed by atoms with Gasteiger partial charge in [-0.1, -0.05) is 0 Å². The monoisotopic (exact) mass is 497 g/mol. The Morgan fingerprint density at radius 3 is 2.58 bits per heavy atom. The molecule has 0 spiro atoms. The first-order chi connectivity index (χ1) is 17.5. The lowest BCUT2D eigenvalue weighted by Crippen LogP contribution is -2.45. The number of amides is 3. The van der Waals surface area contributed by atoms with Gasteiger partial charge >= 0.3 is 0 Å². The van der Waals surface area contributed by atoms with Gasteiger partial charge < -0.3 is 29.0 Å². The Morgan fingerprint density at radius 2 is 1.78 bits per heavy atom. The molecule has 4 rings (SSSR count). The lowest BCUT2D eigenvalue weighted by Gasteiger charge is -2.26. The van der Waals surface area contributed by atoms with E-state index in [0.29, 0.717) is 53.8 Å². The highest BCUT2D eigenvalue weighted by Crippen LogP contribution is 2.34. The summed E-state index contributed by atoms with van der Waals surface area (Å²) in [6.45, 7) is 0.255. The Morgan fingerprint density at radius 1 is 0.972 bits per heavy atom. The summed E-state index contributed by atoms with van der Waals surface area (Å²) < 4.78 is 26.4. The van der Waals surface area contributed by atoms with Crippen LogP contribution in [0.1, 0.15) is 12.0 Å². The largest absolute Gasteiger partial charge is 0.497 e. The molecular weight excluding hydrogens is 470 g/mol. The summed E-state index contributed by atoms with van der Waals surface area (Å²) in [7, 11) is 3.09. The van der Waals surface area contributed by atoms with Gasteiger partial charge in [0.1, 0.15) is 24.7 Å². The summed E-state index contributed by atoms with van der Waals surface area (Å²) in [6, 6.07) is 10.3. The minimum absolute atomic E-state index is 0.138. The van der Waals surface area contributed by atoms with Crippen LogP contribution in [-0.2, 0) is 19.1 Å². The number of nitrogens with zero attached hydrogens (tertiary/aromatic N) is 2. The highest BCUT2D eigenvalue weighted by atomic mass is 16.7. The zero-order valence-corrected chi connectivity index (χ0v) is 20.0. The molecule has 11 heteroatoms. The van der Waals surface area contributed by atoms with Crippen molar-refractivity contribution >= 4 is 29.5 Å². The van der Waals surface area contributed by atoms with Gasteiger partial charge in [-0.2, -0.15) is 0 Å². The third-order valence-electron chi connectivity index (χ3n) is 5.53. The Labute approximate surface area is 208 Å². The summed E-state index contributed by atoms with van der Waals surface area (Å²) in [5.41, 5.74) is 1.19. The zero-order valence-electron chi connectivity index (χ0n) is 20.0. The Balaban J connectivity index is 1.27. The minimum Gasteiger partial charge on any atom is -0.497 e. The molecule has 0 saturated carbocycles. The van der Waals surface area contributed by atoms with Crippen molar-refractivity contribution in [3.8, 4) is 23.0 Å². The Kier molecular flexibility index (Phi) is 7.91. The van der Waals surface area contributed by atoms with E-state index in [-0.39, 0.29) is 25.9 Å². The van der Waals surface area contributed by atoms with Gasteiger partial charge in [0.25, 0.3) is 11.8 Å². The van der Waals surface area contributed by atoms with Crippen LogP contribution in [0.15, 0.2) is 42.5 Å². The number of methoxy groups -OCH3 is 2. The van der Waals surface area contributed by atoms with Crippen molar-refractivity contribution in [3.05, 3.63) is 48.0 Å². The molecule has 3 amide bonds. The summed E-state index contributed by atoms with van der Waals surface area (Å²) in [5, 5.41) is 5.38. The molecule has 2 heterocycles. The van der Waals surface area contributed by atoms with E-state index in [9.17, 15) is 14.4 Å². The van der Waals surface area contributed by atoms with Gasteiger partial charge in [0, 0.05) is 36.5 Å². The molecule has 2 aromatic carbocycles. The predicted molar refractivity (Wildman–Crippen MR) is 129 cm³/mol. The van der Waals surface area contributed by atoms with Crippen molar-refractivity contribution in [1.29, 1.82) is 0 Å². The van der Waals surface area contributed by atoms with Crippen LogP contribution in [-0.4, -0.2) is 75.1 Å². The lowest BCUT2D eigenvalue weighted by molar-refractivity contribution is -0.158. The molecule has 0 atom stereocenters. The van der Waals surface area contributed by atoms with Gasteiger partial charge in [-0.25, -0.2) is 10.0 Å². The van der Waals surface area contributed by atoms with Crippen LogP contribution in [0.4, 0.5) is 5.69 Å². The third kappa shape index (κ3) is 5.87. The quantitative estimate of drug-likeness (QED) is 0.524. The second-order valence-electron chi connectivity index (χ2n) is 7.88. The molecule has 190 valence electrons. The van der Waals surface area contributed by atoms with Crippen LogP contribution in [0, 0.1) is 0 Å². The van der Waals surface area contributed by atoms with E-state index >= 15 is 0 Å². The standard InChI is InChI=1S/C25H27N3O8/c1-32-19-6-8-20(33-2)17(12-19)4-9-24(30)27-10-3-11-28(27)25(31)15-34-14-23(29)26-18-5-7-21-22(13-18)36-16-35-21/h4-9,12-13H,3,10-11,14-16H2,1-2H3,(H,26,29). The second-order valence-corrected chi connectivity index (χ2v) is 7.88. The summed E-state index contributed by atoms with van der Waals surface area (Å²) >= 11 is 0. The van der Waals surface area contributed by atoms with Crippen LogP contribution in [0.5, 0.6) is 23.0 Å². The number of carbonyl (C=O) groups excluding carboxylic acids is 3. The van der Waals surface area contributed by atoms with Gasteiger partial charge in [-0.3, -0.25) is 14.4 Å². The molecule has 36 heavy (non-hydrogen) atoms. The molecule has 0 unspecified atom stereocenters. The molecule has 0 aromatic heterocycles. The van der Waals surface area contributed by atoms with E-state index in [4.69, 9.17) is 23.7 Å².